The first-order chi connectivity index (χ1) is 20.1. The van der Waals surface area contributed by atoms with Gasteiger partial charge in [-0.15, -0.1) is 0 Å². The predicted octanol–water partition coefficient (Wildman–Crippen LogP) is 5.97. The van der Waals surface area contributed by atoms with Crippen molar-refractivity contribution < 1.29 is 33.4 Å². The van der Waals surface area contributed by atoms with E-state index in [0.717, 1.165) is 29.5 Å². The summed E-state index contributed by atoms with van der Waals surface area (Å²) in [6.07, 6.45) is 6.44. The Labute approximate surface area is 257 Å². The molecule has 242 valence electrons. The Balaban J connectivity index is 2.31. The number of rotatable bonds is 13. The molecule has 0 saturated heterocycles. The highest BCUT2D eigenvalue weighted by molar-refractivity contribution is 5.91. The van der Waals surface area contributed by atoms with Crippen LogP contribution in [0.25, 0.3) is 0 Å². The monoisotopic (exact) mass is 603 g/mol. The topological polar surface area (TPSA) is 137 Å². The number of aryl methyl sites for hydroxylation is 2. The molecule has 0 aliphatic heterocycles. The molecule has 0 heterocycles. The highest BCUT2D eigenvalue weighted by Gasteiger charge is 2.33. The summed E-state index contributed by atoms with van der Waals surface area (Å²) >= 11 is 0. The third kappa shape index (κ3) is 12.5. The quantitative estimate of drug-likeness (QED) is 0.209. The standard InChI is InChI=1S/C33H53N3O7/c1-21(2)20-41-32(40)42-26-17-22(3)27(23(4)18-26)19-28(35-31(39)43-33(6,7)8)30(38)36(24(5)29(34)37)16-12-15-25-13-10-9-11-14-25/h17-18,21,24-25,28H,9-16,19-20H2,1-8H3,(H2,34,37)(H,35,39)/t24-,28+/m1/s1. The van der Waals surface area contributed by atoms with Gasteiger partial charge in [0.15, 0.2) is 0 Å². The summed E-state index contributed by atoms with van der Waals surface area (Å²) in [7, 11) is 0. The van der Waals surface area contributed by atoms with Crippen LogP contribution >= 0.6 is 0 Å². The van der Waals surface area contributed by atoms with Crippen LogP contribution in [0.3, 0.4) is 0 Å². The number of nitrogens with one attached hydrogen (secondary N) is 1. The predicted molar refractivity (Wildman–Crippen MR) is 166 cm³/mol. The van der Waals surface area contributed by atoms with Gasteiger partial charge in [0.25, 0.3) is 0 Å². The van der Waals surface area contributed by atoms with Crippen molar-refractivity contribution in [3.05, 3.63) is 28.8 Å². The minimum atomic E-state index is -1.02. The first-order valence-corrected chi connectivity index (χ1v) is 15.6. The van der Waals surface area contributed by atoms with Crippen LogP contribution in [-0.2, 0) is 25.5 Å². The number of ether oxygens (including phenoxy) is 3. The fraction of sp³-hybridized carbons (Fsp3) is 0.697. The van der Waals surface area contributed by atoms with Gasteiger partial charge in [-0.3, -0.25) is 9.59 Å². The number of amides is 3. The maximum Gasteiger partial charge on any atom is 0.513 e. The molecule has 1 saturated carbocycles. The largest absolute Gasteiger partial charge is 0.513 e. The lowest BCUT2D eigenvalue weighted by Crippen LogP contribution is -2.55. The first-order valence-electron chi connectivity index (χ1n) is 15.6. The third-order valence-electron chi connectivity index (χ3n) is 7.70. The highest BCUT2D eigenvalue weighted by atomic mass is 16.7. The minimum Gasteiger partial charge on any atom is -0.444 e. The molecule has 1 aliphatic rings. The molecule has 10 heteroatoms. The molecule has 1 aliphatic carbocycles. The second kappa shape index (κ2) is 16.5. The molecule has 0 radical (unpaired) electrons. The van der Waals surface area contributed by atoms with Gasteiger partial charge in [0.1, 0.15) is 23.4 Å². The molecule has 0 aromatic heterocycles. The van der Waals surface area contributed by atoms with Gasteiger partial charge in [-0.1, -0.05) is 46.0 Å². The summed E-state index contributed by atoms with van der Waals surface area (Å²) in [4.78, 5) is 52.9. The van der Waals surface area contributed by atoms with Crippen LogP contribution in [0.4, 0.5) is 9.59 Å². The van der Waals surface area contributed by atoms with Crippen LogP contribution in [0.2, 0.25) is 0 Å². The Morgan fingerprint density at radius 2 is 1.63 bits per heavy atom. The molecule has 43 heavy (non-hydrogen) atoms. The van der Waals surface area contributed by atoms with E-state index in [1.807, 2.05) is 27.7 Å². The molecule has 0 spiro atoms. The second-order valence-electron chi connectivity index (χ2n) is 13.3. The summed E-state index contributed by atoms with van der Waals surface area (Å²) in [5, 5.41) is 2.75. The normalized spacial score (nSPS) is 15.4. The molecule has 1 fully saturated rings. The van der Waals surface area contributed by atoms with Gasteiger partial charge in [0.2, 0.25) is 11.8 Å². The Morgan fingerprint density at radius 1 is 1.02 bits per heavy atom. The van der Waals surface area contributed by atoms with Gasteiger partial charge in [-0.25, -0.2) is 9.59 Å². The molecule has 10 nitrogen and oxygen atoms in total. The number of nitrogens with two attached hydrogens (primary N) is 1. The Bertz CT molecular complexity index is 1080. The van der Waals surface area contributed by atoms with E-state index >= 15 is 0 Å². The van der Waals surface area contributed by atoms with Crippen molar-refractivity contribution in [2.45, 2.75) is 124 Å². The van der Waals surface area contributed by atoms with Gasteiger partial charge < -0.3 is 30.2 Å². The summed E-state index contributed by atoms with van der Waals surface area (Å²) in [6, 6.07) is 1.52. The highest BCUT2D eigenvalue weighted by Crippen LogP contribution is 2.28. The van der Waals surface area contributed by atoms with E-state index in [9.17, 15) is 19.2 Å². The summed E-state index contributed by atoms with van der Waals surface area (Å²) in [6.45, 7) is 15.0. The molecule has 0 unspecified atom stereocenters. The molecule has 2 atom stereocenters. The van der Waals surface area contributed by atoms with E-state index in [2.05, 4.69) is 5.32 Å². The Kier molecular flexibility index (Phi) is 13.8. The molecular formula is C33H53N3O7. The number of primary amides is 1. The lowest BCUT2D eigenvalue weighted by molar-refractivity contribution is -0.140. The number of carbonyl (C=O) groups is 4. The smallest absolute Gasteiger partial charge is 0.444 e. The SMILES string of the molecule is Cc1cc(OC(=O)OCC(C)C)cc(C)c1C[C@H](NC(=O)OC(C)(C)C)C(=O)N(CCCC1CCCCC1)[C@H](C)C(N)=O. The van der Waals surface area contributed by atoms with Crippen LogP contribution in [0, 0.1) is 25.7 Å². The van der Waals surface area contributed by atoms with Crippen molar-refractivity contribution in [1.82, 2.24) is 10.2 Å². The van der Waals surface area contributed by atoms with Crippen LogP contribution in [0.1, 0.15) is 103 Å². The zero-order valence-electron chi connectivity index (χ0n) is 27.4. The van der Waals surface area contributed by atoms with Crippen molar-refractivity contribution in [1.29, 1.82) is 0 Å². The van der Waals surface area contributed by atoms with Crippen LogP contribution < -0.4 is 15.8 Å². The van der Waals surface area contributed by atoms with Gasteiger partial charge in [-0.2, -0.15) is 0 Å². The Morgan fingerprint density at radius 3 is 2.16 bits per heavy atom. The van der Waals surface area contributed by atoms with Crippen molar-refractivity contribution in [2.24, 2.45) is 17.6 Å². The molecule has 3 N–H and O–H groups in total. The molecule has 3 amide bonds. The van der Waals surface area contributed by atoms with Crippen molar-refractivity contribution in [3.63, 3.8) is 0 Å². The fourth-order valence-corrected chi connectivity index (χ4v) is 5.42. The second-order valence-corrected chi connectivity index (χ2v) is 13.3. The number of carbonyl (C=O) groups excluding carboxylic acids is 4. The molecule has 2 rings (SSSR count). The maximum absolute atomic E-state index is 14.1. The van der Waals surface area contributed by atoms with Gasteiger partial charge in [0, 0.05) is 13.0 Å². The molecule has 1 aromatic rings. The van der Waals surface area contributed by atoms with Crippen molar-refractivity contribution >= 4 is 24.1 Å². The zero-order valence-corrected chi connectivity index (χ0v) is 27.4. The van der Waals surface area contributed by atoms with Gasteiger partial charge in [-0.05, 0) is 95.0 Å². The van der Waals surface area contributed by atoms with Crippen LogP contribution in [-0.4, -0.2) is 59.8 Å². The fourth-order valence-electron chi connectivity index (χ4n) is 5.42. The average molecular weight is 604 g/mol. The van der Waals surface area contributed by atoms with E-state index in [-0.39, 0.29) is 18.9 Å². The number of hydrogen-bond donors (Lipinski definition) is 2. The number of alkyl carbamates (subject to hydrolysis) is 1. The van der Waals surface area contributed by atoms with E-state index < -0.39 is 41.7 Å². The average Bonchev–Trinajstić information content (AvgIpc) is 2.90. The molecule has 0 bridgehead atoms. The zero-order chi connectivity index (χ0) is 32.3. The van der Waals surface area contributed by atoms with E-state index in [1.54, 1.807) is 39.8 Å². The lowest BCUT2D eigenvalue weighted by atomic mass is 9.86. The van der Waals surface area contributed by atoms with E-state index in [1.165, 1.54) is 37.0 Å². The Hall–Kier alpha value is -3.30. The van der Waals surface area contributed by atoms with E-state index in [0.29, 0.717) is 18.2 Å². The lowest BCUT2D eigenvalue weighted by Gasteiger charge is -2.33. The van der Waals surface area contributed by atoms with Gasteiger partial charge >= 0.3 is 12.2 Å². The summed E-state index contributed by atoms with van der Waals surface area (Å²) < 4.78 is 16.0. The summed E-state index contributed by atoms with van der Waals surface area (Å²) in [5.74, 6) is 0.105. The van der Waals surface area contributed by atoms with Crippen molar-refractivity contribution in [2.75, 3.05) is 13.2 Å². The van der Waals surface area contributed by atoms with Crippen molar-refractivity contribution in [3.8, 4) is 5.75 Å². The number of hydrogen-bond acceptors (Lipinski definition) is 7. The summed E-state index contributed by atoms with van der Waals surface area (Å²) in [5.41, 5.74) is 7.23. The van der Waals surface area contributed by atoms with Gasteiger partial charge in [0.05, 0.1) is 6.61 Å². The third-order valence-corrected chi connectivity index (χ3v) is 7.70. The van der Waals surface area contributed by atoms with E-state index in [4.69, 9.17) is 19.9 Å². The van der Waals surface area contributed by atoms with Crippen LogP contribution in [0.15, 0.2) is 12.1 Å². The number of benzene rings is 1. The molecule has 1 aromatic carbocycles. The first kappa shape index (κ1) is 35.9. The maximum atomic E-state index is 14.1. The number of nitrogens with zero attached hydrogens (tertiary/aromatic N) is 1. The molecular weight excluding hydrogens is 550 g/mol. The minimum absolute atomic E-state index is 0.137. The van der Waals surface area contributed by atoms with Crippen LogP contribution in [0.5, 0.6) is 5.75 Å².